The van der Waals surface area contributed by atoms with Gasteiger partial charge in [0, 0.05) is 39.2 Å². The molecule has 162 valence electrons. The average molecular weight is 507 g/mol. The van der Waals surface area contributed by atoms with Crippen LogP contribution in [0.2, 0.25) is 0 Å². The van der Waals surface area contributed by atoms with Crippen LogP contribution in [0.1, 0.15) is 59.0 Å². The molecule has 0 fully saturated rings. The van der Waals surface area contributed by atoms with Crippen LogP contribution in [0.3, 0.4) is 0 Å². The van der Waals surface area contributed by atoms with E-state index in [0.29, 0.717) is 22.5 Å². The third kappa shape index (κ3) is 3.51. The molecular weight excluding hydrogens is 484 g/mol. The highest BCUT2D eigenvalue weighted by Crippen LogP contribution is 2.54. The van der Waals surface area contributed by atoms with Gasteiger partial charge in [-0.2, -0.15) is 0 Å². The van der Waals surface area contributed by atoms with E-state index in [1.165, 1.54) is 11.3 Å². The van der Waals surface area contributed by atoms with Gasteiger partial charge in [-0.3, -0.25) is 9.59 Å². The van der Waals surface area contributed by atoms with Gasteiger partial charge in [0.15, 0.2) is 5.78 Å². The molecule has 2 aliphatic rings. The van der Waals surface area contributed by atoms with Crippen LogP contribution in [0.5, 0.6) is 0 Å². The third-order valence-corrected chi connectivity index (χ3v) is 7.86. The van der Waals surface area contributed by atoms with Crippen molar-refractivity contribution >= 4 is 49.5 Å². The number of Topliss-reactive ketones (excluding diaryl/α,β-unsaturated/α-hetero) is 1. The maximum atomic E-state index is 13.4. The maximum Gasteiger partial charge on any atom is 0.205 e. The molecule has 3 aromatic rings. The lowest BCUT2D eigenvalue weighted by molar-refractivity contribution is -0.118. The standard InChI is InChI=1S/C26H23BrN2O2S/c1-26(2)12-17-20(18(30)13-26)19(14-8-10-16(27)11-9-14)21-22(28)24(32-25(21)29-17)23(31)15-6-4-3-5-7-15/h3-11,19,29H,12-13,28H2,1-2H3. The van der Waals surface area contributed by atoms with Crippen LogP contribution in [-0.2, 0) is 4.79 Å². The summed E-state index contributed by atoms with van der Waals surface area (Å²) in [4.78, 5) is 27.2. The van der Waals surface area contributed by atoms with E-state index in [4.69, 9.17) is 5.73 Å². The fourth-order valence-electron chi connectivity index (χ4n) is 4.78. The van der Waals surface area contributed by atoms with Crippen LogP contribution in [-0.4, -0.2) is 11.6 Å². The molecule has 32 heavy (non-hydrogen) atoms. The lowest BCUT2D eigenvalue weighted by atomic mass is 9.69. The maximum absolute atomic E-state index is 13.4. The molecule has 2 aromatic carbocycles. The van der Waals surface area contributed by atoms with Gasteiger partial charge in [0.2, 0.25) is 5.78 Å². The number of allylic oxidation sites excluding steroid dienone is 2. The van der Waals surface area contributed by atoms with Crippen LogP contribution in [0.15, 0.2) is 70.3 Å². The molecule has 0 spiro atoms. The lowest BCUT2D eigenvalue weighted by Crippen LogP contribution is -2.33. The fraction of sp³-hybridized carbons (Fsp3) is 0.231. The van der Waals surface area contributed by atoms with Crippen LogP contribution in [0, 0.1) is 5.41 Å². The first-order valence-electron chi connectivity index (χ1n) is 10.6. The molecule has 0 saturated heterocycles. The predicted octanol–water partition coefficient (Wildman–Crippen LogP) is 6.52. The monoisotopic (exact) mass is 506 g/mol. The molecule has 2 heterocycles. The summed E-state index contributed by atoms with van der Waals surface area (Å²) in [7, 11) is 0. The topological polar surface area (TPSA) is 72.2 Å². The highest BCUT2D eigenvalue weighted by molar-refractivity contribution is 9.10. The van der Waals surface area contributed by atoms with Crippen molar-refractivity contribution in [2.45, 2.75) is 32.6 Å². The number of rotatable bonds is 3. The Morgan fingerprint density at radius 1 is 1.09 bits per heavy atom. The largest absolute Gasteiger partial charge is 0.397 e. The minimum Gasteiger partial charge on any atom is -0.397 e. The summed E-state index contributed by atoms with van der Waals surface area (Å²) in [5.74, 6) is -0.237. The summed E-state index contributed by atoms with van der Waals surface area (Å²) < 4.78 is 0.971. The molecule has 1 aliphatic carbocycles. The van der Waals surface area contributed by atoms with Crippen molar-refractivity contribution in [1.29, 1.82) is 0 Å². The summed E-state index contributed by atoms with van der Waals surface area (Å²) >= 11 is 4.88. The minimum atomic E-state index is -0.286. The number of ketones is 2. The summed E-state index contributed by atoms with van der Waals surface area (Å²) in [6.45, 7) is 4.24. The Bertz CT molecular complexity index is 1270. The molecule has 1 aliphatic heterocycles. The van der Waals surface area contributed by atoms with Crippen molar-refractivity contribution in [1.82, 2.24) is 0 Å². The van der Waals surface area contributed by atoms with Gasteiger partial charge in [-0.15, -0.1) is 11.3 Å². The van der Waals surface area contributed by atoms with Gasteiger partial charge in [-0.25, -0.2) is 0 Å². The lowest BCUT2D eigenvalue weighted by Gasteiger charge is -2.38. The first kappa shape index (κ1) is 21.2. The molecule has 0 radical (unpaired) electrons. The second kappa shape index (κ2) is 7.71. The van der Waals surface area contributed by atoms with E-state index >= 15 is 0 Å². The van der Waals surface area contributed by atoms with Gasteiger partial charge in [0.1, 0.15) is 4.88 Å². The molecule has 3 N–H and O–H groups in total. The van der Waals surface area contributed by atoms with Crippen LogP contribution in [0.4, 0.5) is 10.7 Å². The van der Waals surface area contributed by atoms with Gasteiger partial charge in [-0.05, 0) is 29.5 Å². The fourth-order valence-corrected chi connectivity index (χ4v) is 6.19. The first-order valence-corrected chi connectivity index (χ1v) is 12.2. The summed E-state index contributed by atoms with van der Waals surface area (Å²) in [5, 5.41) is 4.36. The second-order valence-electron chi connectivity index (χ2n) is 9.23. The number of nitrogens with one attached hydrogen (secondary N) is 1. The minimum absolute atomic E-state index is 0.0940. The van der Waals surface area contributed by atoms with E-state index in [2.05, 4.69) is 35.1 Å². The smallest absolute Gasteiger partial charge is 0.205 e. The number of benzene rings is 2. The normalized spacial score (nSPS) is 19.2. The van der Waals surface area contributed by atoms with E-state index < -0.39 is 0 Å². The van der Waals surface area contributed by atoms with Crippen molar-refractivity contribution in [3.8, 4) is 0 Å². The van der Waals surface area contributed by atoms with Gasteiger partial charge in [0.25, 0.3) is 0 Å². The van der Waals surface area contributed by atoms with E-state index in [1.807, 2.05) is 42.5 Å². The van der Waals surface area contributed by atoms with Gasteiger partial charge >= 0.3 is 0 Å². The van der Waals surface area contributed by atoms with Crippen molar-refractivity contribution in [2.75, 3.05) is 11.1 Å². The highest BCUT2D eigenvalue weighted by atomic mass is 79.9. The number of nitrogens with two attached hydrogens (primary N) is 1. The van der Waals surface area contributed by atoms with Crippen molar-refractivity contribution in [3.05, 3.63) is 91.9 Å². The number of fused-ring (bicyclic) bond motifs is 1. The molecule has 0 saturated carbocycles. The molecule has 0 bridgehead atoms. The number of hydrogen-bond acceptors (Lipinski definition) is 5. The van der Waals surface area contributed by atoms with Crippen molar-refractivity contribution < 1.29 is 9.59 Å². The Morgan fingerprint density at radius 3 is 2.47 bits per heavy atom. The van der Waals surface area contributed by atoms with Gasteiger partial charge < -0.3 is 11.1 Å². The number of carbonyl (C=O) groups excluding carboxylic acids is 2. The van der Waals surface area contributed by atoms with E-state index in [1.54, 1.807) is 12.1 Å². The number of carbonyl (C=O) groups is 2. The zero-order chi connectivity index (χ0) is 22.6. The number of nitrogen functional groups attached to an aromatic ring is 1. The number of thiophene rings is 1. The Hall–Kier alpha value is -2.70. The molecule has 4 nitrogen and oxygen atoms in total. The SMILES string of the molecule is CC1(C)CC(=O)C2=C(C1)Nc1sc(C(=O)c3ccccc3)c(N)c1C2c1ccc(Br)cc1. The quantitative estimate of drug-likeness (QED) is 0.396. The van der Waals surface area contributed by atoms with Gasteiger partial charge in [-0.1, -0.05) is 72.2 Å². The molecular formula is C26H23BrN2O2S. The van der Waals surface area contributed by atoms with E-state index in [9.17, 15) is 9.59 Å². The number of halogens is 1. The number of anilines is 2. The third-order valence-electron chi connectivity index (χ3n) is 6.19. The first-order chi connectivity index (χ1) is 15.2. The van der Waals surface area contributed by atoms with Crippen molar-refractivity contribution in [3.63, 3.8) is 0 Å². The van der Waals surface area contributed by atoms with E-state index in [0.717, 1.165) is 38.3 Å². The predicted molar refractivity (Wildman–Crippen MR) is 133 cm³/mol. The van der Waals surface area contributed by atoms with Crippen LogP contribution in [0.25, 0.3) is 0 Å². The Morgan fingerprint density at radius 2 is 1.78 bits per heavy atom. The summed E-state index contributed by atoms with van der Waals surface area (Å²) in [5.41, 5.74) is 11.2. The Kier molecular flexibility index (Phi) is 5.10. The second-order valence-corrected chi connectivity index (χ2v) is 11.2. The molecule has 1 atom stereocenters. The Labute approximate surface area is 199 Å². The summed E-state index contributed by atoms with van der Waals surface area (Å²) in [6.07, 6.45) is 1.27. The molecule has 1 aromatic heterocycles. The average Bonchev–Trinajstić information content (AvgIpc) is 3.08. The number of hydrogen-bond donors (Lipinski definition) is 2. The molecule has 0 amide bonds. The van der Waals surface area contributed by atoms with Crippen LogP contribution >= 0.6 is 27.3 Å². The van der Waals surface area contributed by atoms with E-state index in [-0.39, 0.29) is 22.9 Å². The van der Waals surface area contributed by atoms with Crippen molar-refractivity contribution in [2.24, 2.45) is 5.41 Å². The molecule has 5 rings (SSSR count). The van der Waals surface area contributed by atoms with Gasteiger partial charge in [0.05, 0.1) is 10.7 Å². The zero-order valence-corrected chi connectivity index (χ0v) is 20.3. The molecule has 6 heteroatoms. The molecule has 1 unspecified atom stereocenters. The van der Waals surface area contributed by atoms with Crippen LogP contribution < -0.4 is 11.1 Å². The highest BCUT2D eigenvalue weighted by Gasteiger charge is 2.43. The zero-order valence-electron chi connectivity index (χ0n) is 17.9. The summed E-state index contributed by atoms with van der Waals surface area (Å²) in [6, 6.07) is 17.2. The Balaban J connectivity index is 1.69.